The predicted molar refractivity (Wildman–Crippen MR) is 37.2 cm³/mol. The first-order valence-corrected chi connectivity index (χ1v) is 2.86. The second kappa shape index (κ2) is 2.96. The van der Waals surface area contributed by atoms with Crippen LogP contribution in [0.4, 0.5) is 5.69 Å². The van der Waals surface area contributed by atoms with E-state index in [0.717, 1.165) is 5.75 Å². The van der Waals surface area contributed by atoms with Crippen LogP contribution in [0.25, 0.3) is 0 Å². The number of ether oxygens (including phenoxy) is 1. The van der Waals surface area contributed by atoms with E-state index >= 15 is 0 Å². The molecule has 3 nitrogen and oxygen atoms in total. The lowest BCUT2D eigenvalue weighted by molar-refractivity contribution is 0.415. The van der Waals surface area contributed by atoms with Crippen molar-refractivity contribution in [2.75, 3.05) is 7.11 Å². The third kappa shape index (κ3) is 1.31. The zero-order valence-corrected chi connectivity index (χ0v) is 5.61. The molecule has 0 N–H and O–H groups in total. The summed E-state index contributed by atoms with van der Waals surface area (Å²) in [7, 11) is 1.59. The van der Waals surface area contributed by atoms with Gasteiger partial charge in [0.1, 0.15) is 5.75 Å². The topological polar surface area (TPSA) is 43.9 Å². The number of rotatable bonds is 2. The zero-order valence-electron chi connectivity index (χ0n) is 5.61. The monoisotopic (exact) mass is 135 g/mol. The molecule has 51 valence electrons. The standard InChI is InChI=1S/C7H7N2O/c1-10-7-4-2-6(9-8)3-5-7/h2-5H,1H3. The van der Waals surface area contributed by atoms with E-state index in [4.69, 9.17) is 10.3 Å². The van der Waals surface area contributed by atoms with Crippen LogP contribution < -0.4 is 10.3 Å². The van der Waals surface area contributed by atoms with Gasteiger partial charge in [0.05, 0.1) is 12.8 Å². The molecule has 0 saturated carbocycles. The zero-order chi connectivity index (χ0) is 7.40. The minimum Gasteiger partial charge on any atom is -0.497 e. The van der Waals surface area contributed by atoms with Gasteiger partial charge in [0, 0.05) is 0 Å². The Morgan fingerprint density at radius 1 is 1.30 bits per heavy atom. The Bertz CT molecular complexity index is 218. The molecule has 0 aromatic heterocycles. The SMILES string of the molecule is COc1ccc(N=[N])cc1. The normalized spacial score (nSPS) is 8.90. The van der Waals surface area contributed by atoms with Gasteiger partial charge < -0.3 is 4.74 Å². The molecule has 0 atom stereocenters. The second-order valence-corrected chi connectivity index (χ2v) is 1.80. The van der Waals surface area contributed by atoms with Crippen LogP contribution in [-0.4, -0.2) is 7.11 Å². The fraction of sp³-hybridized carbons (Fsp3) is 0.143. The molecule has 1 radical (unpaired) electrons. The summed E-state index contributed by atoms with van der Waals surface area (Å²) >= 11 is 0. The molecule has 0 aliphatic carbocycles. The molecule has 0 saturated heterocycles. The van der Waals surface area contributed by atoms with Gasteiger partial charge in [-0.05, 0) is 29.8 Å². The summed E-state index contributed by atoms with van der Waals surface area (Å²) in [5.41, 5.74) is 8.81. The van der Waals surface area contributed by atoms with E-state index < -0.39 is 0 Å². The number of hydrogen-bond donors (Lipinski definition) is 0. The van der Waals surface area contributed by atoms with Gasteiger partial charge in [-0.3, -0.25) is 0 Å². The maximum absolute atomic E-state index is 8.29. The minimum absolute atomic E-state index is 0.529. The molecular formula is C7H7N2O. The molecule has 0 bridgehead atoms. The molecule has 0 aliphatic heterocycles. The Labute approximate surface area is 59.1 Å². The molecule has 0 amide bonds. The summed E-state index contributed by atoms with van der Waals surface area (Å²) in [4.78, 5) is 0. The Hall–Kier alpha value is -1.38. The molecule has 1 rings (SSSR count). The van der Waals surface area contributed by atoms with Crippen molar-refractivity contribution < 1.29 is 4.74 Å². The van der Waals surface area contributed by atoms with Crippen molar-refractivity contribution in [3.8, 4) is 5.75 Å². The fourth-order valence-corrected chi connectivity index (χ4v) is 0.649. The molecule has 3 heteroatoms. The van der Waals surface area contributed by atoms with E-state index in [0.29, 0.717) is 5.69 Å². The van der Waals surface area contributed by atoms with Crippen molar-refractivity contribution in [3.63, 3.8) is 0 Å². The number of methoxy groups -OCH3 is 1. The maximum atomic E-state index is 8.29. The summed E-state index contributed by atoms with van der Waals surface area (Å²) in [6.07, 6.45) is 0. The highest BCUT2D eigenvalue weighted by Crippen LogP contribution is 2.16. The van der Waals surface area contributed by atoms with E-state index in [1.165, 1.54) is 0 Å². The Balaban J connectivity index is 2.90. The highest BCUT2D eigenvalue weighted by molar-refractivity contribution is 5.40. The average Bonchev–Trinajstić information content (AvgIpc) is 2.05. The minimum atomic E-state index is 0.529. The van der Waals surface area contributed by atoms with Gasteiger partial charge in [0.25, 0.3) is 0 Å². The maximum Gasteiger partial charge on any atom is 0.119 e. The second-order valence-electron chi connectivity index (χ2n) is 1.80. The van der Waals surface area contributed by atoms with Gasteiger partial charge >= 0.3 is 0 Å². The quantitative estimate of drug-likeness (QED) is 0.567. The molecule has 1 aromatic rings. The molecule has 0 aliphatic rings. The first-order chi connectivity index (χ1) is 4.86. The van der Waals surface area contributed by atoms with Gasteiger partial charge in [-0.1, -0.05) is 0 Å². The van der Waals surface area contributed by atoms with Crippen LogP contribution in [0.5, 0.6) is 5.75 Å². The van der Waals surface area contributed by atoms with Crippen molar-refractivity contribution in [1.29, 1.82) is 0 Å². The summed E-state index contributed by atoms with van der Waals surface area (Å²) in [5.74, 6) is 0.757. The Morgan fingerprint density at radius 3 is 2.30 bits per heavy atom. The number of nitrogens with zero attached hydrogens (tertiary/aromatic N) is 2. The van der Waals surface area contributed by atoms with Gasteiger partial charge in [-0.15, -0.1) is 5.11 Å². The lowest BCUT2D eigenvalue weighted by atomic mass is 10.3. The predicted octanol–water partition coefficient (Wildman–Crippen LogP) is 1.58. The lowest BCUT2D eigenvalue weighted by Gasteiger charge is -1.96. The Morgan fingerprint density at radius 2 is 1.90 bits per heavy atom. The molecule has 0 heterocycles. The van der Waals surface area contributed by atoms with Crippen LogP contribution in [-0.2, 0) is 0 Å². The third-order valence-electron chi connectivity index (χ3n) is 1.19. The van der Waals surface area contributed by atoms with Gasteiger partial charge in [0.2, 0.25) is 0 Å². The van der Waals surface area contributed by atoms with Crippen molar-refractivity contribution in [2.24, 2.45) is 5.11 Å². The van der Waals surface area contributed by atoms with Crippen LogP contribution in [0.2, 0.25) is 0 Å². The van der Waals surface area contributed by atoms with E-state index in [1.807, 2.05) is 0 Å². The summed E-state index contributed by atoms with van der Waals surface area (Å²) in [5, 5.41) is 2.99. The van der Waals surface area contributed by atoms with Gasteiger partial charge in [0.15, 0.2) is 0 Å². The van der Waals surface area contributed by atoms with Crippen molar-refractivity contribution in [2.45, 2.75) is 0 Å². The first kappa shape index (κ1) is 6.74. The smallest absolute Gasteiger partial charge is 0.119 e. The van der Waals surface area contributed by atoms with Crippen LogP contribution in [0.15, 0.2) is 29.4 Å². The van der Waals surface area contributed by atoms with Crippen molar-refractivity contribution >= 4 is 5.69 Å². The van der Waals surface area contributed by atoms with E-state index in [9.17, 15) is 0 Å². The lowest BCUT2D eigenvalue weighted by Crippen LogP contribution is -1.79. The van der Waals surface area contributed by atoms with Crippen LogP contribution in [0.3, 0.4) is 0 Å². The van der Waals surface area contributed by atoms with E-state index in [1.54, 1.807) is 31.4 Å². The van der Waals surface area contributed by atoms with Crippen LogP contribution in [0, 0.1) is 0 Å². The summed E-state index contributed by atoms with van der Waals surface area (Å²) in [6, 6.07) is 6.79. The van der Waals surface area contributed by atoms with Crippen molar-refractivity contribution in [1.82, 2.24) is 5.53 Å². The average molecular weight is 135 g/mol. The van der Waals surface area contributed by atoms with E-state index in [-0.39, 0.29) is 0 Å². The largest absolute Gasteiger partial charge is 0.497 e. The van der Waals surface area contributed by atoms with E-state index in [2.05, 4.69) is 5.11 Å². The molecule has 0 fully saturated rings. The fourth-order valence-electron chi connectivity index (χ4n) is 0.649. The van der Waals surface area contributed by atoms with Crippen LogP contribution in [0.1, 0.15) is 0 Å². The Kier molecular flexibility index (Phi) is 1.99. The van der Waals surface area contributed by atoms with Gasteiger partial charge in [-0.2, -0.15) is 0 Å². The molecule has 0 spiro atoms. The van der Waals surface area contributed by atoms with Crippen molar-refractivity contribution in [3.05, 3.63) is 24.3 Å². The number of hydrogen-bond acceptors (Lipinski definition) is 2. The van der Waals surface area contributed by atoms with Crippen LogP contribution >= 0.6 is 0 Å². The molecule has 10 heavy (non-hydrogen) atoms. The highest BCUT2D eigenvalue weighted by atomic mass is 16.5. The highest BCUT2D eigenvalue weighted by Gasteiger charge is 1.89. The first-order valence-electron chi connectivity index (χ1n) is 2.86. The number of benzene rings is 1. The summed E-state index contributed by atoms with van der Waals surface area (Å²) in [6.45, 7) is 0. The summed E-state index contributed by atoms with van der Waals surface area (Å²) < 4.78 is 4.89. The molecular weight excluding hydrogens is 128 g/mol. The van der Waals surface area contributed by atoms with Gasteiger partial charge in [-0.25, -0.2) is 0 Å². The third-order valence-corrected chi connectivity index (χ3v) is 1.19. The molecule has 1 aromatic carbocycles. The molecule has 0 unspecified atom stereocenters.